The van der Waals surface area contributed by atoms with E-state index in [0.29, 0.717) is 10.4 Å². The van der Waals surface area contributed by atoms with Crippen molar-refractivity contribution in [3.63, 3.8) is 0 Å². The van der Waals surface area contributed by atoms with E-state index < -0.39 is 5.97 Å². The highest BCUT2D eigenvalue weighted by Crippen LogP contribution is 2.17. The third-order valence-electron chi connectivity index (χ3n) is 1.65. The number of hydrogen-bond donors (Lipinski definition) is 2. The molecule has 0 aliphatic heterocycles. The molecule has 2 heterocycles. The first-order valence-corrected chi connectivity index (χ1v) is 4.49. The molecular formula is C7H5N3O3S. The fourth-order valence-corrected chi connectivity index (χ4v) is 1.87. The first kappa shape index (κ1) is 8.82. The molecule has 7 heteroatoms. The second-order valence-corrected chi connectivity index (χ2v) is 3.46. The maximum Gasteiger partial charge on any atom is 0.308 e. The van der Waals surface area contributed by atoms with E-state index in [-0.39, 0.29) is 17.5 Å². The molecule has 0 aromatic carbocycles. The number of aromatic nitrogens is 3. The van der Waals surface area contributed by atoms with Gasteiger partial charge in [-0.25, -0.2) is 4.98 Å². The lowest BCUT2D eigenvalue weighted by atomic mass is 10.3. The predicted molar refractivity (Wildman–Crippen MR) is 49.4 cm³/mol. The van der Waals surface area contributed by atoms with E-state index in [1.807, 2.05) is 0 Å². The number of hydrogen-bond acceptors (Lipinski definition) is 5. The van der Waals surface area contributed by atoms with Gasteiger partial charge < -0.3 is 10.1 Å². The Labute approximate surface area is 81.4 Å². The molecule has 0 spiro atoms. The number of carboxylic acids is 1. The molecule has 0 atom stereocenters. The van der Waals surface area contributed by atoms with Gasteiger partial charge in [-0.3, -0.25) is 9.59 Å². The van der Waals surface area contributed by atoms with Crippen LogP contribution in [0.25, 0.3) is 11.0 Å². The van der Waals surface area contributed by atoms with Crippen molar-refractivity contribution in [2.24, 2.45) is 0 Å². The summed E-state index contributed by atoms with van der Waals surface area (Å²) in [5, 5.41) is 8.58. The second kappa shape index (κ2) is 3.18. The molecule has 0 aliphatic carbocycles. The molecule has 0 bridgehead atoms. The molecule has 0 saturated carbocycles. The molecule has 0 saturated heterocycles. The number of nitrogens with zero attached hydrogens (tertiary/aromatic N) is 2. The van der Waals surface area contributed by atoms with Crippen molar-refractivity contribution in [1.82, 2.24) is 14.3 Å². The van der Waals surface area contributed by atoms with Gasteiger partial charge in [-0.1, -0.05) is 0 Å². The summed E-state index contributed by atoms with van der Waals surface area (Å²) in [6, 6.07) is 0. The molecular weight excluding hydrogens is 206 g/mol. The number of aromatic amines is 1. The highest BCUT2D eigenvalue weighted by Gasteiger charge is 2.12. The first-order valence-electron chi connectivity index (χ1n) is 3.72. The SMILES string of the molecule is O=C(O)Cc1snc2c(=O)[nH]cnc12. The van der Waals surface area contributed by atoms with Crippen LogP contribution in [0.3, 0.4) is 0 Å². The molecule has 2 rings (SSSR count). The van der Waals surface area contributed by atoms with Crippen LogP contribution < -0.4 is 5.56 Å². The molecule has 0 unspecified atom stereocenters. The number of carboxylic acid groups (broad SMARTS) is 1. The van der Waals surface area contributed by atoms with Crippen LogP contribution in [0.1, 0.15) is 4.88 Å². The highest BCUT2D eigenvalue weighted by atomic mass is 32.1. The molecule has 14 heavy (non-hydrogen) atoms. The summed E-state index contributed by atoms with van der Waals surface area (Å²) in [6.45, 7) is 0. The zero-order valence-electron chi connectivity index (χ0n) is 6.85. The Bertz CT molecular complexity index is 544. The van der Waals surface area contributed by atoms with Crippen LogP contribution in [0, 0.1) is 0 Å². The van der Waals surface area contributed by atoms with Crippen LogP contribution in [-0.4, -0.2) is 25.4 Å². The van der Waals surface area contributed by atoms with E-state index in [1.54, 1.807) is 0 Å². The Hall–Kier alpha value is -1.76. The molecule has 0 aliphatic rings. The van der Waals surface area contributed by atoms with Crippen LogP contribution in [0.15, 0.2) is 11.1 Å². The zero-order valence-corrected chi connectivity index (χ0v) is 7.67. The van der Waals surface area contributed by atoms with Gasteiger partial charge in [0.2, 0.25) is 0 Å². The third-order valence-corrected chi connectivity index (χ3v) is 2.48. The van der Waals surface area contributed by atoms with Crippen molar-refractivity contribution in [2.75, 3.05) is 0 Å². The van der Waals surface area contributed by atoms with Crippen molar-refractivity contribution in [3.8, 4) is 0 Å². The van der Waals surface area contributed by atoms with E-state index >= 15 is 0 Å². The van der Waals surface area contributed by atoms with E-state index in [0.717, 1.165) is 11.5 Å². The monoisotopic (exact) mass is 211 g/mol. The quantitative estimate of drug-likeness (QED) is 0.729. The fraction of sp³-hybridized carbons (Fsp3) is 0.143. The fourth-order valence-electron chi connectivity index (χ4n) is 1.08. The molecule has 2 aromatic rings. The van der Waals surface area contributed by atoms with E-state index in [1.165, 1.54) is 6.33 Å². The van der Waals surface area contributed by atoms with Gasteiger partial charge in [0.05, 0.1) is 17.6 Å². The normalized spacial score (nSPS) is 10.6. The number of H-pyrrole nitrogens is 1. The van der Waals surface area contributed by atoms with Crippen LogP contribution in [0.4, 0.5) is 0 Å². The lowest BCUT2D eigenvalue weighted by Crippen LogP contribution is -2.06. The van der Waals surface area contributed by atoms with Gasteiger partial charge in [0.15, 0.2) is 5.52 Å². The summed E-state index contributed by atoms with van der Waals surface area (Å²) >= 11 is 0.992. The van der Waals surface area contributed by atoms with Crippen LogP contribution in [-0.2, 0) is 11.2 Å². The molecule has 0 radical (unpaired) electrons. The molecule has 72 valence electrons. The van der Waals surface area contributed by atoms with Crippen molar-refractivity contribution in [2.45, 2.75) is 6.42 Å². The van der Waals surface area contributed by atoms with Gasteiger partial charge in [-0.15, -0.1) is 0 Å². The predicted octanol–water partition coefficient (Wildman–Crippen LogP) is 0.00670. The minimum absolute atomic E-state index is 0.155. The molecule has 2 N–H and O–H groups in total. The van der Waals surface area contributed by atoms with Crippen molar-refractivity contribution in [1.29, 1.82) is 0 Å². The zero-order chi connectivity index (χ0) is 10.1. The highest BCUT2D eigenvalue weighted by molar-refractivity contribution is 7.07. The van der Waals surface area contributed by atoms with Crippen molar-refractivity contribution < 1.29 is 9.90 Å². The van der Waals surface area contributed by atoms with E-state index in [9.17, 15) is 9.59 Å². The van der Waals surface area contributed by atoms with Crippen LogP contribution in [0.2, 0.25) is 0 Å². The number of aliphatic carboxylic acids is 1. The van der Waals surface area contributed by atoms with Gasteiger partial charge in [-0.2, -0.15) is 4.37 Å². The van der Waals surface area contributed by atoms with Gasteiger partial charge in [0.25, 0.3) is 5.56 Å². The second-order valence-electron chi connectivity index (χ2n) is 2.61. The largest absolute Gasteiger partial charge is 0.481 e. The lowest BCUT2D eigenvalue weighted by molar-refractivity contribution is -0.136. The summed E-state index contributed by atoms with van der Waals surface area (Å²) in [7, 11) is 0. The molecule has 0 amide bonds. The Kier molecular flexibility index (Phi) is 2.01. The molecule has 0 fully saturated rings. The summed E-state index contributed by atoms with van der Waals surface area (Å²) in [5.74, 6) is -0.961. The number of rotatable bonds is 2. The minimum Gasteiger partial charge on any atom is -0.481 e. The van der Waals surface area contributed by atoms with Crippen LogP contribution in [0.5, 0.6) is 0 Å². The summed E-state index contributed by atoms with van der Waals surface area (Å²) < 4.78 is 3.84. The summed E-state index contributed by atoms with van der Waals surface area (Å²) in [4.78, 5) is 28.4. The van der Waals surface area contributed by atoms with E-state index in [2.05, 4.69) is 14.3 Å². The average molecular weight is 211 g/mol. The minimum atomic E-state index is -0.961. The topological polar surface area (TPSA) is 95.9 Å². The summed E-state index contributed by atoms with van der Waals surface area (Å²) in [6.07, 6.45) is 1.09. The number of fused-ring (bicyclic) bond motifs is 1. The Balaban J connectivity index is 2.64. The average Bonchev–Trinajstić information content (AvgIpc) is 2.49. The van der Waals surface area contributed by atoms with Crippen molar-refractivity contribution in [3.05, 3.63) is 21.6 Å². The van der Waals surface area contributed by atoms with Gasteiger partial charge in [0, 0.05) is 0 Å². The van der Waals surface area contributed by atoms with Crippen molar-refractivity contribution >= 4 is 28.5 Å². The first-order chi connectivity index (χ1) is 6.68. The number of carbonyl (C=O) groups is 1. The third kappa shape index (κ3) is 1.37. The Morgan fingerprint density at radius 3 is 3.07 bits per heavy atom. The lowest BCUT2D eigenvalue weighted by Gasteiger charge is -1.90. The molecule has 2 aromatic heterocycles. The maximum atomic E-state index is 11.2. The van der Waals surface area contributed by atoms with E-state index in [4.69, 9.17) is 5.11 Å². The Morgan fingerprint density at radius 2 is 2.36 bits per heavy atom. The Morgan fingerprint density at radius 1 is 1.57 bits per heavy atom. The number of nitrogens with one attached hydrogen (secondary N) is 1. The molecule has 6 nitrogen and oxygen atoms in total. The van der Waals surface area contributed by atoms with Crippen LogP contribution >= 0.6 is 11.5 Å². The smallest absolute Gasteiger partial charge is 0.308 e. The maximum absolute atomic E-state index is 11.2. The van der Waals surface area contributed by atoms with Gasteiger partial charge in [0.1, 0.15) is 5.52 Å². The van der Waals surface area contributed by atoms with Gasteiger partial charge >= 0.3 is 5.97 Å². The van der Waals surface area contributed by atoms with Gasteiger partial charge in [-0.05, 0) is 11.5 Å². The summed E-state index contributed by atoms with van der Waals surface area (Å²) in [5.41, 5.74) is 0.234. The standard InChI is InChI=1S/C7H5N3O3S/c11-4(12)1-3-5-6(10-14-3)7(13)9-2-8-5/h2H,1H2,(H,11,12)(H,8,9,13).